The molecule has 0 bridgehead atoms. The number of benzene rings is 1. The molecular formula is C15H16ClN3O3S. The molecule has 2 amide bonds. The second kappa shape index (κ2) is 8.50. The van der Waals surface area contributed by atoms with Gasteiger partial charge in [-0.3, -0.25) is 14.9 Å². The van der Waals surface area contributed by atoms with E-state index in [1.807, 2.05) is 30.3 Å². The molecule has 1 unspecified atom stereocenters. The van der Waals surface area contributed by atoms with Crippen molar-refractivity contribution in [1.82, 2.24) is 9.99 Å². The average molecular weight is 354 g/mol. The molecule has 0 radical (unpaired) electrons. The Kier molecular flexibility index (Phi) is 6.37. The van der Waals surface area contributed by atoms with Crippen molar-refractivity contribution in [2.24, 2.45) is 0 Å². The Bertz CT molecular complexity index is 663. The van der Waals surface area contributed by atoms with Crippen LogP contribution in [-0.2, 0) is 16.1 Å². The first-order chi connectivity index (χ1) is 11.1. The van der Waals surface area contributed by atoms with Crippen LogP contribution in [0, 0.1) is 0 Å². The number of alkyl halides is 1. The van der Waals surface area contributed by atoms with E-state index >= 15 is 0 Å². The third kappa shape index (κ3) is 5.22. The summed E-state index contributed by atoms with van der Waals surface area (Å²) in [5.41, 5.74) is 3.42. The molecule has 0 spiro atoms. The minimum absolute atomic E-state index is 0.0879. The number of hydrogen-bond donors (Lipinski definition) is 3. The number of rotatable bonds is 6. The molecule has 0 saturated carbocycles. The van der Waals surface area contributed by atoms with Gasteiger partial charge < -0.3 is 10.1 Å². The lowest BCUT2D eigenvalue weighted by Gasteiger charge is -2.17. The molecule has 1 heterocycles. The summed E-state index contributed by atoms with van der Waals surface area (Å²) in [7, 11) is 0. The summed E-state index contributed by atoms with van der Waals surface area (Å²) in [6.45, 7) is 0.113. The number of hydrogen-bond acceptors (Lipinski definition) is 4. The van der Waals surface area contributed by atoms with Crippen molar-refractivity contribution in [3.8, 4) is 0 Å². The summed E-state index contributed by atoms with van der Waals surface area (Å²) in [5, 5.41) is 2.98. The van der Waals surface area contributed by atoms with Crippen LogP contribution in [0.25, 0.3) is 0 Å². The number of thiol groups is 1. The molecule has 6 nitrogen and oxygen atoms in total. The molecule has 0 aliphatic carbocycles. The smallest absolute Gasteiger partial charge is 0.408 e. The van der Waals surface area contributed by atoms with Gasteiger partial charge in [0.05, 0.1) is 10.9 Å². The van der Waals surface area contributed by atoms with E-state index < -0.39 is 18.0 Å². The molecule has 0 aliphatic heterocycles. The van der Waals surface area contributed by atoms with Gasteiger partial charge in [0.1, 0.15) is 12.6 Å². The summed E-state index contributed by atoms with van der Waals surface area (Å²) in [4.78, 5) is 23.8. The largest absolute Gasteiger partial charge is 0.445 e. The lowest BCUT2D eigenvalue weighted by molar-refractivity contribution is -0.118. The van der Waals surface area contributed by atoms with Crippen molar-refractivity contribution in [1.29, 1.82) is 0 Å². The highest BCUT2D eigenvalue weighted by Gasteiger charge is 2.21. The highest BCUT2D eigenvalue weighted by molar-refractivity contribution is 7.80. The second-order valence-corrected chi connectivity index (χ2v) is 5.39. The van der Waals surface area contributed by atoms with Gasteiger partial charge >= 0.3 is 6.09 Å². The van der Waals surface area contributed by atoms with Crippen LogP contribution >= 0.6 is 24.2 Å². The predicted octanol–water partition coefficient (Wildman–Crippen LogP) is 2.38. The first-order valence-corrected chi connectivity index (χ1v) is 7.78. The Morgan fingerprint density at radius 1 is 1.22 bits per heavy atom. The van der Waals surface area contributed by atoms with Crippen LogP contribution in [0.4, 0.5) is 4.79 Å². The van der Waals surface area contributed by atoms with Crippen LogP contribution in [0.5, 0.6) is 0 Å². The third-order valence-corrected chi connectivity index (χ3v) is 3.61. The maximum absolute atomic E-state index is 12.1. The second-order valence-electron chi connectivity index (χ2n) is 4.63. The van der Waals surface area contributed by atoms with Crippen LogP contribution in [0.2, 0.25) is 0 Å². The molecule has 1 aromatic heterocycles. The van der Waals surface area contributed by atoms with Gasteiger partial charge in [0.15, 0.2) is 0 Å². The maximum atomic E-state index is 12.1. The summed E-state index contributed by atoms with van der Waals surface area (Å²) < 4.78 is 6.48. The fourth-order valence-corrected chi connectivity index (χ4v) is 2.16. The summed E-state index contributed by atoms with van der Waals surface area (Å²) in [6, 6.07) is 11.7. The number of halogens is 1. The zero-order valence-corrected chi connectivity index (χ0v) is 13.8. The minimum Gasteiger partial charge on any atom is -0.445 e. The zero-order chi connectivity index (χ0) is 16.7. The average Bonchev–Trinajstić information content (AvgIpc) is 2.96. The maximum Gasteiger partial charge on any atom is 0.408 e. The molecule has 0 aliphatic rings. The number of alkyl carbamates (subject to hydrolysis) is 1. The lowest BCUT2D eigenvalue weighted by atomic mass is 10.2. The number of nitrogens with zero attached hydrogens (tertiary/aromatic N) is 1. The van der Waals surface area contributed by atoms with Gasteiger partial charge in [0.25, 0.3) is 5.91 Å². The highest BCUT2D eigenvalue weighted by Crippen LogP contribution is 2.05. The van der Waals surface area contributed by atoms with Gasteiger partial charge in [-0.25, -0.2) is 4.79 Å². The standard InChI is InChI=1S/C15H16ClN3O3S/c16-9-12(14(20)18-19-8-4-7-13(19)23)17-15(21)22-10-11-5-2-1-3-6-11/h1-8,12,23H,9-10H2,(H,17,21)(H,18,20). The first kappa shape index (κ1) is 17.2. The summed E-state index contributed by atoms with van der Waals surface area (Å²) >= 11 is 9.91. The van der Waals surface area contributed by atoms with Gasteiger partial charge in [-0.1, -0.05) is 30.3 Å². The van der Waals surface area contributed by atoms with Gasteiger partial charge in [-0.2, -0.15) is 0 Å². The van der Waals surface area contributed by atoms with Crippen LogP contribution in [0.1, 0.15) is 5.56 Å². The zero-order valence-electron chi connectivity index (χ0n) is 12.1. The number of amides is 2. The van der Waals surface area contributed by atoms with E-state index in [0.29, 0.717) is 5.03 Å². The monoisotopic (exact) mass is 353 g/mol. The molecule has 0 fully saturated rings. The summed E-state index contributed by atoms with van der Waals surface area (Å²) in [5.74, 6) is -0.557. The molecule has 2 N–H and O–H groups in total. The number of aromatic nitrogens is 1. The number of ether oxygens (including phenoxy) is 1. The molecule has 23 heavy (non-hydrogen) atoms. The molecule has 1 atom stereocenters. The predicted molar refractivity (Wildman–Crippen MR) is 90.3 cm³/mol. The number of carbonyl (C=O) groups excluding carboxylic acids is 2. The van der Waals surface area contributed by atoms with E-state index in [1.165, 1.54) is 4.68 Å². The highest BCUT2D eigenvalue weighted by atomic mass is 35.5. The van der Waals surface area contributed by atoms with Crippen LogP contribution < -0.4 is 10.7 Å². The van der Waals surface area contributed by atoms with Gasteiger partial charge in [-0.15, -0.1) is 24.2 Å². The van der Waals surface area contributed by atoms with Crippen molar-refractivity contribution in [3.05, 3.63) is 54.2 Å². The Morgan fingerprint density at radius 2 is 1.96 bits per heavy atom. The molecule has 2 rings (SSSR count). The molecular weight excluding hydrogens is 338 g/mol. The minimum atomic E-state index is -0.921. The number of nitrogens with one attached hydrogen (secondary N) is 2. The SMILES string of the molecule is O=C(NC(CCl)C(=O)Nn1cccc1S)OCc1ccccc1. The first-order valence-electron chi connectivity index (χ1n) is 6.80. The quantitative estimate of drug-likeness (QED) is 0.551. The van der Waals surface area contributed by atoms with E-state index in [9.17, 15) is 9.59 Å². The Balaban J connectivity index is 1.84. The number of carbonyl (C=O) groups is 2. The Hall–Kier alpha value is -2.12. The van der Waals surface area contributed by atoms with Crippen LogP contribution in [0.3, 0.4) is 0 Å². The van der Waals surface area contributed by atoms with Gasteiger partial charge in [-0.05, 0) is 17.7 Å². The van der Waals surface area contributed by atoms with Gasteiger partial charge in [0, 0.05) is 6.20 Å². The van der Waals surface area contributed by atoms with Crippen molar-refractivity contribution in [3.63, 3.8) is 0 Å². The molecule has 0 saturated heterocycles. The third-order valence-electron chi connectivity index (χ3n) is 2.93. The van der Waals surface area contributed by atoms with Crippen LogP contribution in [-0.4, -0.2) is 28.6 Å². The molecule has 2 aromatic rings. The Labute approximate surface area is 144 Å². The van der Waals surface area contributed by atoms with Crippen molar-refractivity contribution in [2.75, 3.05) is 11.3 Å². The molecule has 122 valence electrons. The van der Waals surface area contributed by atoms with E-state index in [4.69, 9.17) is 16.3 Å². The normalized spacial score (nSPS) is 11.6. The van der Waals surface area contributed by atoms with E-state index in [2.05, 4.69) is 23.4 Å². The molecule has 1 aromatic carbocycles. The van der Waals surface area contributed by atoms with Crippen molar-refractivity contribution < 1.29 is 14.3 Å². The Morgan fingerprint density at radius 3 is 2.57 bits per heavy atom. The topological polar surface area (TPSA) is 72.4 Å². The fraction of sp³-hybridized carbons (Fsp3) is 0.200. The molecule has 8 heteroatoms. The van der Waals surface area contributed by atoms with Crippen molar-refractivity contribution in [2.45, 2.75) is 17.7 Å². The fourth-order valence-electron chi connectivity index (χ4n) is 1.74. The van der Waals surface area contributed by atoms with E-state index in [1.54, 1.807) is 18.3 Å². The lowest BCUT2D eigenvalue weighted by Crippen LogP contribution is -2.47. The van der Waals surface area contributed by atoms with Gasteiger partial charge in [0.2, 0.25) is 0 Å². The van der Waals surface area contributed by atoms with E-state index in [-0.39, 0.29) is 12.5 Å². The van der Waals surface area contributed by atoms with Crippen molar-refractivity contribution >= 4 is 36.2 Å². The summed E-state index contributed by atoms with van der Waals surface area (Å²) in [6.07, 6.45) is 0.910. The van der Waals surface area contributed by atoms with Crippen LogP contribution in [0.15, 0.2) is 53.7 Å². The van der Waals surface area contributed by atoms with E-state index in [0.717, 1.165) is 5.56 Å².